The minimum Gasteiger partial charge on any atom is -0.493 e. The number of pyridine rings is 3. The predicted molar refractivity (Wildman–Crippen MR) is 171 cm³/mol. The van der Waals surface area contributed by atoms with Gasteiger partial charge in [0.2, 0.25) is 5.75 Å². The first-order valence-electron chi connectivity index (χ1n) is 14.3. The summed E-state index contributed by atoms with van der Waals surface area (Å²) in [7, 11) is -2.90. The van der Waals surface area contributed by atoms with E-state index in [9.17, 15) is 13.2 Å². The van der Waals surface area contributed by atoms with Crippen LogP contribution in [0.2, 0.25) is 0 Å². The predicted octanol–water partition coefficient (Wildman–Crippen LogP) is 4.07. The van der Waals surface area contributed by atoms with Crippen molar-refractivity contribution < 1.29 is 32.5 Å². The number of hydrogen-bond acceptors (Lipinski definition) is 15. The Morgan fingerprint density at radius 3 is 2.51 bits per heavy atom. The summed E-state index contributed by atoms with van der Waals surface area (Å²) in [6.45, 7) is 1.89. The van der Waals surface area contributed by atoms with Crippen LogP contribution in [0.3, 0.4) is 0 Å². The first kappa shape index (κ1) is 32.2. The molecule has 1 amide bonds. The molecule has 0 aliphatic heterocycles. The molecule has 0 spiro atoms. The number of ether oxygens (including phenoxy) is 2. The molecule has 0 aliphatic rings. The third-order valence-electron chi connectivity index (χ3n) is 6.55. The lowest BCUT2D eigenvalue weighted by molar-refractivity contribution is -0.144. The number of benzene rings is 1. The average Bonchev–Trinajstić information content (AvgIpc) is 3.68. The summed E-state index contributed by atoms with van der Waals surface area (Å²) >= 11 is 0. The maximum atomic E-state index is 13.6. The second kappa shape index (κ2) is 14.3. The molecule has 0 saturated heterocycles. The van der Waals surface area contributed by atoms with Crippen LogP contribution < -0.4 is 24.0 Å². The number of methoxy groups -OCH3 is 1. The molecule has 18 nitrogen and oxygen atoms in total. The van der Waals surface area contributed by atoms with E-state index in [2.05, 4.69) is 50.3 Å². The topological polar surface area (TPSA) is 222 Å². The molecule has 0 unspecified atom stereocenters. The molecule has 0 atom stereocenters. The molecule has 248 valence electrons. The van der Waals surface area contributed by atoms with Gasteiger partial charge in [-0.15, -0.1) is 5.10 Å². The van der Waals surface area contributed by atoms with Gasteiger partial charge in [-0.3, -0.25) is 24.5 Å². The summed E-state index contributed by atoms with van der Waals surface area (Å²) in [5.74, 6) is -0.376. The van der Waals surface area contributed by atoms with Gasteiger partial charge in [-0.1, -0.05) is 18.2 Å². The van der Waals surface area contributed by atoms with Crippen molar-refractivity contribution in [3.05, 3.63) is 91.5 Å². The van der Waals surface area contributed by atoms with Crippen LogP contribution in [0.15, 0.2) is 96.4 Å². The zero-order valence-corrected chi connectivity index (χ0v) is 26.5. The van der Waals surface area contributed by atoms with Crippen molar-refractivity contribution in [2.24, 2.45) is 0 Å². The summed E-state index contributed by atoms with van der Waals surface area (Å²) in [5, 5.41) is 13.6. The quantitative estimate of drug-likeness (QED) is 0.137. The van der Waals surface area contributed by atoms with Crippen molar-refractivity contribution in [2.75, 3.05) is 23.3 Å². The number of hydrogen-bond donors (Lipinski definition) is 2. The number of carbonyl (C=O) groups excluding carboxylic acids is 1. The minimum absolute atomic E-state index is 0.0875. The van der Waals surface area contributed by atoms with E-state index in [0.29, 0.717) is 17.1 Å². The van der Waals surface area contributed by atoms with E-state index in [1.54, 1.807) is 61.5 Å². The molecule has 0 radical (unpaired) electrons. The van der Waals surface area contributed by atoms with E-state index >= 15 is 0 Å². The summed E-state index contributed by atoms with van der Waals surface area (Å²) < 4.78 is 41.2. The molecule has 2 N–H and O–H groups in total. The monoisotopic (exact) mass is 683 g/mol. The molecule has 49 heavy (non-hydrogen) atoms. The van der Waals surface area contributed by atoms with Crippen molar-refractivity contribution in [3.8, 4) is 46.0 Å². The summed E-state index contributed by atoms with van der Waals surface area (Å²) in [6, 6.07) is 17.5. The smallest absolute Gasteiger partial charge is 0.458 e. The lowest BCUT2D eigenvalue weighted by Gasteiger charge is -2.19. The first-order valence-corrected chi connectivity index (χ1v) is 15.8. The summed E-state index contributed by atoms with van der Waals surface area (Å²) in [5.41, 5.74) is 0.646. The van der Waals surface area contributed by atoms with Gasteiger partial charge in [0, 0.05) is 36.9 Å². The molecule has 0 bridgehead atoms. The Kier molecular flexibility index (Phi) is 9.42. The van der Waals surface area contributed by atoms with Crippen molar-refractivity contribution in [1.29, 1.82) is 0 Å². The Morgan fingerprint density at radius 1 is 0.959 bits per heavy atom. The second-order valence-electron chi connectivity index (χ2n) is 9.62. The molecule has 5 heterocycles. The highest BCUT2D eigenvalue weighted by Gasteiger charge is 2.28. The van der Waals surface area contributed by atoms with E-state index < -0.39 is 22.0 Å². The Bertz CT molecular complexity index is 2160. The Hall–Kier alpha value is -6.76. The first-order chi connectivity index (χ1) is 23.9. The van der Waals surface area contributed by atoms with E-state index in [4.69, 9.17) is 19.2 Å². The third kappa shape index (κ3) is 7.30. The summed E-state index contributed by atoms with van der Waals surface area (Å²) in [4.78, 5) is 46.3. The molecule has 5 aromatic heterocycles. The minimum atomic E-state index is -4.33. The highest BCUT2D eigenvalue weighted by molar-refractivity contribution is 7.92. The molecule has 1 aromatic carbocycles. The van der Waals surface area contributed by atoms with E-state index in [-0.39, 0.29) is 46.2 Å². The number of tetrazole rings is 1. The number of para-hydroxylation sites is 2. The number of sulfonamides is 1. The van der Waals surface area contributed by atoms with Gasteiger partial charge in [0.15, 0.2) is 29.0 Å². The number of nitrogens with one attached hydrogen (secondary N) is 2. The van der Waals surface area contributed by atoms with E-state index in [1.165, 1.54) is 42.7 Å². The summed E-state index contributed by atoms with van der Waals surface area (Å²) in [6.07, 6.45) is 4.59. The Labute approximate surface area is 278 Å². The SMILES string of the molecule is CCN(C(=O)OOc1nc(-c2ccnc(-c3nnn[nH]3)c2)nc(NS(=O)(=O)c2cccnc2)c1Oc1ccccc1OC)c1ccccn1. The Balaban J connectivity index is 1.49. The number of H-pyrrole nitrogens is 1. The second-order valence-corrected chi connectivity index (χ2v) is 11.3. The van der Waals surface area contributed by atoms with Crippen LogP contribution in [0, 0.1) is 0 Å². The van der Waals surface area contributed by atoms with Gasteiger partial charge >= 0.3 is 12.0 Å². The maximum Gasteiger partial charge on any atom is 0.458 e. The fourth-order valence-electron chi connectivity index (χ4n) is 4.27. The number of rotatable bonds is 12. The third-order valence-corrected chi connectivity index (χ3v) is 7.88. The van der Waals surface area contributed by atoms with Gasteiger partial charge in [0.25, 0.3) is 10.0 Å². The lowest BCUT2D eigenvalue weighted by atomic mass is 10.2. The standard InChI is InChI=1S/C30H25N11O7S/c1-3-41(24-12-6-7-15-33-24)30(42)48-47-29-25(46-23-11-5-4-10-22(23)45-2)28(38-49(43,44)20-9-8-14-31-18-20)34-26(35-29)19-13-16-32-21(17-19)27-36-39-40-37-27/h4-18H,3H2,1-2H3,(H,34,35,38)(H,36,37,39,40). The number of amides is 1. The van der Waals surface area contributed by atoms with Crippen LogP contribution >= 0.6 is 0 Å². The van der Waals surface area contributed by atoms with Crippen LogP contribution in [-0.2, 0) is 14.9 Å². The van der Waals surface area contributed by atoms with Crippen molar-refractivity contribution in [1.82, 2.24) is 45.5 Å². The molecule has 0 saturated carbocycles. The molecule has 0 aliphatic carbocycles. The lowest BCUT2D eigenvalue weighted by Crippen LogP contribution is -2.33. The van der Waals surface area contributed by atoms with Gasteiger partial charge in [0.05, 0.1) is 7.11 Å². The molecule has 6 aromatic rings. The molecule has 6 rings (SSSR count). The molecule has 19 heteroatoms. The van der Waals surface area contributed by atoms with Crippen LogP contribution in [-0.4, -0.2) is 73.7 Å². The van der Waals surface area contributed by atoms with Crippen LogP contribution in [0.5, 0.6) is 23.1 Å². The van der Waals surface area contributed by atoms with Crippen molar-refractivity contribution in [2.45, 2.75) is 11.8 Å². The normalized spacial score (nSPS) is 11.0. The van der Waals surface area contributed by atoms with Crippen molar-refractivity contribution in [3.63, 3.8) is 0 Å². The Morgan fingerprint density at radius 2 is 1.80 bits per heavy atom. The fraction of sp³-hybridized carbons (Fsp3) is 0.100. The largest absolute Gasteiger partial charge is 0.493 e. The van der Waals surface area contributed by atoms with Gasteiger partial charge in [-0.05, 0) is 65.9 Å². The molecular weight excluding hydrogens is 658 g/mol. The zero-order chi connectivity index (χ0) is 34.2. The van der Waals surface area contributed by atoms with Gasteiger partial charge in [-0.25, -0.2) is 33.2 Å². The van der Waals surface area contributed by atoms with Gasteiger partial charge in [0.1, 0.15) is 16.4 Å². The van der Waals surface area contributed by atoms with Gasteiger partial charge in [-0.2, -0.15) is 4.98 Å². The highest BCUT2D eigenvalue weighted by atomic mass is 32.2. The van der Waals surface area contributed by atoms with Crippen LogP contribution in [0.1, 0.15) is 6.92 Å². The number of nitrogens with zero attached hydrogens (tertiary/aromatic N) is 9. The average molecular weight is 684 g/mol. The number of carbonyl (C=O) groups is 1. The van der Waals surface area contributed by atoms with Crippen LogP contribution in [0.25, 0.3) is 22.9 Å². The maximum absolute atomic E-state index is 13.6. The van der Waals surface area contributed by atoms with E-state index in [1.807, 2.05) is 0 Å². The number of anilines is 2. The number of aromatic amines is 1. The highest BCUT2D eigenvalue weighted by Crippen LogP contribution is 2.42. The van der Waals surface area contributed by atoms with Crippen molar-refractivity contribution >= 4 is 27.8 Å². The zero-order valence-electron chi connectivity index (χ0n) is 25.7. The molecule has 0 fully saturated rings. The fourth-order valence-corrected chi connectivity index (χ4v) is 5.24. The number of aromatic nitrogens is 9. The van der Waals surface area contributed by atoms with Gasteiger partial charge < -0.3 is 9.47 Å². The molecular formula is C30H25N11O7S. The van der Waals surface area contributed by atoms with E-state index in [0.717, 1.165) is 6.20 Å². The van der Waals surface area contributed by atoms with Crippen LogP contribution in [0.4, 0.5) is 16.4 Å².